The number of aromatic nitrogens is 2. The van der Waals surface area contributed by atoms with Gasteiger partial charge in [0.1, 0.15) is 0 Å². The second-order valence-corrected chi connectivity index (χ2v) is 6.57. The fourth-order valence-electron chi connectivity index (χ4n) is 3.08. The number of aryl methyl sites for hydroxylation is 1. The zero-order valence-electron chi connectivity index (χ0n) is 15.5. The lowest BCUT2D eigenvalue weighted by atomic mass is 10.2. The largest absolute Gasteiger partial charge is 0.378 e. The number of ether oxygens (including phenoxy) is 1. The van der Waals surface area contributed by atoms with E-state index in [1.807, 2.05) is 54.6 Å². The van der Waals surface area contributed by atoms with Crippen molar-refractivity contribution >= 4 is 17.3 Å². The van der Waals surface area contributed by atoms with E-state index in [1.54, 1.807) is 0 Å². The maximum atomic E-state index is 12.2. The number of nitrogens with one attached hydrogen (secondary N) is 1. The van der Waals surface area contributed by atoms with E-state index in [2.05, 4.69) is 20.4 Å². The quantitative estimate of drug-likeness (QED) is 0.710. The molecule has 144 valence electrons. The standard InChI is InChI=1S/C21H22N4O3/c26-19(10-11-20-23-21(24-28-20)16-4-2-1-3-5-16)22-17-6-8-18(9-7-17)25-12-14-27-15-13-25/h1-9H,10-15H2,(H,22,26). The Kier molecular flexibility index (Phi) is 5.63. The molecule has 1 aliphatic rings. The summed E-state index contributed by atoms with van der Waals surface area (Å²) >= 11 is 0. The monoisotopic (exact) mass is 378 g/mol. The van der Waals surface area contributed by atoms with Crippen LogP contribution in [0.4, 0.5) is 11.4 Å². The molecular weight excluding hydrogens is 356 g/mol. The summed E-state index contributed by atoms with van der Waals surface area (Å²) in [6, 6.07) is 17.5. The summed E-state index contributed by atoms with van der Waals surface area (Å²) in [4.78, 5) is 18.8. The van der Waals surface area contributed by atoms with E-state index in [-0.39, 0.29) is 12.3 Å². The third kappa shape index (κ3) is 4.55. The number of benzene rings is 2. The Bertz CT molecular complexity index is 903. The van der Waals surface area contributed by atoms with Crippen LogP contribution in [-0.2, 0) is 16.0 Å². The van der Waals surface area contributed by atoms with Gasteiger partial charge in [0.05, 0.1) is 13.2 Å². The highest BCUT2D eigenvalue weighted by atomic mass is 16.5. The van der Waals surface area contributed by atoms with Crippen LogP contribution in [0.25, 0.3) is 11.4 Å². The van der Waals surface area contributed by atoms with Gasteiger partial charge in [0.2, 0.25) is 17.6 Å². The minimum absolute atomic E-state index is 0.0846. The highest BCUT2D eigenvalue weighted by Gasteiger charge is 2.12. The van der Waals surface area contributed by atoms with Gasteiger partial charge in [0.25, 0.3) is 0 Å². The van der Waals surface area contributed by atoms with Crippen LogP contribution in [-0.4, -0.2) is 42.4 Å². The zero-order chi connectivity index (χ0) is 19.2. The van der Waals surface area contributed by atoms with E-state index < -0.39 is 0 Å². The molecule has 0 bridgehead atoms. The van der Waals surface area contributed by atoms with Gasteiger partial charge < -0.3 is 19.5 Å². The minimum Gasteiger partial charge on any atom is -0.378 e. The van der Waals surface area contributed by atoms with E-state index in [0.717, 1.165) is 43.2 Å². The summed E-state index contributed by atoms with van der Waals surface area (Å²) in [5.41, 5.74) is 2.81. The Morgan fingerprint density at radius 2 is 1.79 bits per heavy atom. The van der Waals surface area contributed by atoms with Crippen LogP contribution in [0.15, 0.2) is 59.1 Å². The number of hydrogen-bond acceptors (Lipinski definition) is 6. The molecule has 1 aliphatic heterocycles. The topological polar surface area (TPSA) is 80.5 Å². The van der Waals surface area contributed by atoms with E-state index in [1.165, 1.54) is 0 Å². The van der Waals surface area contributed by atoms with Crippen molar-refractivity contribution in [3.63, 3.8) is 0 Å². The molecule has 0 saturated carbocycles. The molecule has 0 radical (unpaired) electrons. The van der Waals surface area contributed by atoms with Crippen LogP contribution in [0.1, 0.15) is 12.3 Å². The lowest BCUT2D eigenvalue weighted by Gasteiger charge is -2.28. The number of amides is 1. The van der Waals surface area contributed by atoms with Gasteiger partial charge in [-0.1, -0.05) is 35.5 Å². The molecular formula is C21H22N4O3. The van der Waals surface area contributed by atoms with Crippen LogP contribution >= 0.6 is 0 Å². The first kappa shape index (κ1) is 18.2. The van der Waals surface area contributed by atoms with Gasteiger partial charge >= 0.3 is 0 Å². The molecule has 0 aliphatic carbocycles. The predicted octanol–water partition coefficient (Wildman–Crippen LogP) is 3.14. The molecule has 28 heavy (non-hydrogen) atoms. The minimum atomic E-state index is -0.0846. The number of rotatable bonds is 6. The zero-order valence-corrected chi connectivity index (χ0v) is 15.5. The second kappa shape index (κ2) is 8.67. The summed E-state index contributed by atoms with van der Waals surface area (Å²) in [6.45, 7) is 3.28. The van der Waals surface area contributed by atoms with Crippen molar-refractivity contribution in [3.05, 3.63) is 60.5 Å². The Hall–Kier alpha value is -3.19. The molecule has 1 aromatic heterocycles. The molecule has 0 atom stereocenters. The van der Waals surface area contributed by atoms with Crippen LogP contribution in [0.2, 0.25) is 0 Å². The number of carbonyl (C=O) groups is 1. The molecule has 2 aromatic carbocycles. The van der Waals surface area contributed by atoms with Gasteiger partial charge in [-0.3, -0.25) is 4.79 Å². The molecule has 4 rings (SSSR count). The summed E-state index contributed by atoms with van der Waals surface area (Å²) in [7, 11) is 0. The van der Waals surface area contributed by atoms with Crippen molar-refractivity contribution < 1.29 is 14.1 Å². The van der Waals surface area contributed by atoms with Gasteiger partial charge in [0.15, 0.2) is 0 Å². The molecule has 1 saturated heterocycles. The Morgan fingerprint density at radius 3 is 2.54 bits per heavy atom. The SMILES string of the molecule is O=C(CCc1nc(-c2ccccc2)no1)Nc1ccc(N2CCOCC2)cc1. The van der Waals surface area contributed by atoms with Crippen molar-refractivity contribution in [1.82, 2.24) is 10.1 Å². The first-order chi connectivity index (χ1) is 13.8. The predicted molar refractivity (Wildman–Crippen MR) is 106 cm³/mol. The first-order valence-electron chi connectivity index (χ1n) is 9.38. The number of morpholine rings is 1. The maximum absolute atomic E-state index is 12.2. The number of nitrogens with zero attached hydrogens (tertiary/aromatic N) is 3. The average molecular weight is 378 g/mol. The van der Waals surface area contributed by atoms with Crippen molar-refractivity contribution in [1.29, 1.82) is 0 Å². The Balaban J connectivity index is 1.28. The lowest BCUT2D eigenvalue weighted by molar-refractivity contribution is -0.116. The van der Waals surface area contributed by atoms with Crippen LogP contribution in [0.5, 0.6) is 0 Å². The highest BCUT2D eigenvalue weighted by Crippen LogP contribution is 2.19. The first-order valence-corrected chi connectivity index (χ1v) is 9.38. The normalized spacial score (nSPS) is 14.1. The summed E-state index contributed by atoms with van der Waals surface area (Å²) in [6.07, 6.45) is 0.680. The number of anilines is 2. The van der Waals surface area contributed by atoms with Crippen LogP contribution < -0.4 is 10.2 Å². The third-order valence-electron chi connectivity index (χ3n) is 4.59. The summed E-state index contributed by atoms with van der Waals surface area (Å²) in [5.74, 6) is 0.907. The molecule has 7 heteroatoms. The number of hydrogen-bond donors (Lipinski definition) is 1. The van der Waals surface area contributed by atoms with E-state index in [4.69, 9.17) is 9.26 Å². The van der Waals surface area contributed by atoms with Crippen LogP contribution in [0.3, 0.4) is 0 Å². The van der Waals surface area contributed by atoms with Gasteiger partial charge in [-0.25, -0.2) is 0 Å². The van der Waals surface area contributed by atoms with Crippen molar-refractivity contribution in [3.8, 4) is 11.4 Å². The van der Waals surface area contributed by atoms with Crippen LogP contribution in [0, 0.1) is 0 Å². The second-order valence-electron chi connectivity index (χ2n) is 6.57. The van der Waals surface area contributed by atoms with Gasteiger partial charge in [-0.2, -0.15) is 4.98 Å². The smallest absolute Gasteiger partial charge is 0.227 e. The highest BCUT2D eigenvalue weighted by molar-refractivity contribution is 5.90. The summed E-state index contributed by atoms with van der Waals surface area (Å²) < 4.78 is 10.6. The van der Waals surface area contributed by atoms with Gasteiger partial charge in [-0.15, -0.1) is 0 Å². The number of carbonyl (C=O) groups excluding carboxylic acids is 1. The van der Waals surface area contributed by atoms with Gasteiger partial charge in [-0.05, 0) is 24.3 Å². The molecule has 0 unspecified atom stereocenters. The fraction of sp³-hybridized carbons (Fsp3) is 0.286. The maximum Gasteiger partial charge on any atom is 0.227 e. The molecule has 3 aromatic rings. The molecule has 1 N–H and O–H groups in total. The Morgan fingerprint density at radius 1 is 1.04 bits per heavy atom. The van der Waals surface area contributed by atoms with E-state index in [9.17, 15) is 4.79 Å². The molecule has 1 fully saturated rings. The molecule has 1 amide bonds. The average Bonchev–Trinajstić information content (AvgIpc) is 3.23. The van der Waals surface area contributed by atoms with Crippen molar-refractivity contribution in [2.24, 2.45) is 0 Å². The van der Waals surface area contributed by atoms with Crippen molar-refractivity contribution in [2.75, 3.05) is 36.5 Å². The molecule has 2 heterocycles. The van der Waals surface area contributed by atoms with E-state index in [0.29, 0.717) is 18.1 Å². The van der Waals surface area contributed by atoms with Crippen molar-refractivity contribution in [2.45, 2.75) is 12.8 Å². The third-order valence-corrected chi connectivity index (χ3v) is 4.59. The fourth-order valence-corrected chi connectivity index (χ4v) is 3.08. The molecule has 0 spiro atoms. The molecule has 7 nitrogen and oxygen atoms in total. The van der Waals surface area contributed by atoms with E-state index >= 15 is 0 Å². The lowest BCUT2D eigenvalue weighted by Crippen LogP contribution is -2.36. The summed E-state index contributed by atoms with van der Waals surface area (Å²) in [5, 5.41) is 6.88. The van der Waals surface area contributed by atoms with Gasteiger partial charge in [0, 0.05) is 42.9 Å². The Labute approximate surface area is 163 Å².